The van der Waals surface area contributed by atoms with E-state index in [0.29, 0.717) is 5.57 Å². The molecule has 0 saturated carbocycles. The zero-order valence-electron chi connectivity index (χ0n) is 7.86. The van der Waals surface area contributed by atoms with Gasteiger partial charge in [0.2, 0.25) is 0 Å². The minimum absolute atomic E-state index is 0.422. The Bertz CT molecular complexity index is 239. The Labute approximate surface area is 78.0 Å². The minimum Gasteiger partial charge on any atom is -0.466 e. The molecule has 1 N–H and O–H groups in total. The lowest BCUT2D eigenvalue weighted by molar-refractivity contribution is -0.134. The summed E-state index contributed by atoms with van der Waals surface area (Å²) in [5, 5.41) is 9.21. The van der Waals surface area contributed by atoms with Crippen LogP contribution in [0.4, 0.5) is 0 Å². The van der Waals surface area contributed by atoms with Crippen LogP contribution in [0.15, 0.2) is 36.5 Å². The number of esters is 1. The molecular weight excluding hydrogens is 168 g/mol. The number of hydrogen-bond acceptors (Lipinski definition) is 3. The number of carbonyl (C=O) groups is 1. The summed E-state index contributed by atoms with van der Waals surface area (Å²) in [4.78, 5) is 10.6. The predicted octanol–water partition coefficient (Wildman–Crippen LogP) is 1.21. The van der Waals surface area contributed by atoms with Gasteiger partial charge in [0.05, 0.1) is 13.2 Å². The Balaban J connectivity index is 3.94. The van der Waals surface area contributed by atoms with E-state index in [-0.39, 0.29) is 0 Å². The standard InChI is InChI=1S/C10H14O3/c1-8(2)9(11)6-4-5-7-10(12)13-3/h4-7,9,11H,1H2,2-3H3/b6-4+,7-5+. The third-order valence-electron chi connectivity index (χ3n) is 1.34. The van der Waals surface area contributed by atoms with Crippen LogP contribution in [0.25, 0.3) is 0 Å². The molecule has 1 unspecified atom stereocenters. The number of carbonyl (C=O) groups excluding carboxylic acids is 1. The van der Waals surface area contributed by atoms with Crippen molar-refractivity contribution in [3.05, 3.63) is 36.5 Å². The highest BCUT2D eigenvalue weighted by Crippen LogP contribution is 1.98. The van der Waals surface area contributed by atoms with E-state index in [1.807, 2.05) is 0 Å². The first-order valence-electron chi connectivity index (χ1n) is 3.84. The zero-order chi connectivity index (χ0) is 10.3. The fourth-order valence-electron chi connectivity index (χ4n) is 0.536. The van der Waals surface area contributed by atoms with E-state index in [1.165, 1.54) is 25.3 Å². The summed E-state index contributed by atoms with van der Waals surface area (Å²) < 4.78 is 4.37. The Morgan fingerprint density at radius 2 is 2.15 bits per heavy atom. The molecule has 0 spiro atoms. The first-order valence-corrected chi connectivity index (χ1v) is 3.84. The van der Waals surface area contributed by atoms with Crippen LogP contribution in [0.3, 0.4) is 0 Å². The minimum atomic E-state index is -0.665. The van der Waals surface area contributed by atoms with Gasteiger partial charge in [0.15, 0.2) is 0 Å². The van der Waals surface area contributed by atoms with Crippen LogP contribution in [0.5, 0.6) is 0 Å². The summed E-state index contributed by atoms with van der Waals surface area (Å²) >= 11 is 0. The third kappa shape index (κ3) is 5.87. The average Bonchev–Trinajstić information content (AvgIpc) is 2.11. The molecule has 0 aliphatic heterocycles. The summed E-state index contributed by atoms with van der Waals surface area (Å²) in [5.41, 5.74) is 0.655. The number of methoxy groups -OCH3 is 1. The van der Waals surface area contributed by atoms with Crippen molar-refractivity contribution in [3.63, 3.8) is 0 Å². The molecule has 0 aliphatic rings. The molecule has 3 nitrogen and oxygen atoms in total. The molecule has 0 bridgehead atoms. The van der Waals surface area contributed by atoms with Gasteiger partial charge in [-0.1, -0.05) is 24.8 Å². The normalized spacial score (nSPS) is 13.5. The van der Waals surface area contributed by atoms with Crippen molar-refractivity contribution in [3.8, 4) is 0 Å². The second-order valence-electron chi connectivity index (χ2n) is 2.56. The van der Waals surface area contributed by atoms with E-state index in [9.17, 15) is 9.90 Å². The molecule has 72 valence electrons. The molecular formula is C10H14O3. The first kappa shape index (κ1) is 11.6. The maximum atomic E-state index is 10.6. The predicted molar refractivity (Wildman–Crippen MR) is 51.1 cm³/mol. The van der Waals surface area contributed by atoms with Gasteiger partial charge in [0.25, 0.3) is 0 Å². The number of ether oxygens (including phenoxy) is 1. The van der Waals surface area contributed by atoms with Gasteiger partial charge in [-0.05, 0) is 12.5 Å². The van der Waals surface area contributed by atoms with E-state index in [4.69, 9.17) is 0 Å². The molecule has 0 fully saturated rings. The van der Waals surface area contributed by atoms with Crippen molar-refractivity contribution in [1.82, 2.24) is 0 Å². The smallest absolute Gasteiger partial charge is 0.330 e. The second-order valence-corrected chi connectivity index (χ2v) is 2.56. The summed E-state index contributed by atoms with van der Waals surface area (Å²) in [6, 6.07) is 0. The molecule has 13 heavy (non-hydrogen) atoms. The van der Waals surface area contributed by atoms with Crippen molar-refractivity contribution >= 4 is 5.97 Å². The van der Waals surface area contributed by atoms with Gasteiger partial charge in [0, 0.05) is 6.08 Å². The molecule has 0 aliphatic carbocycles. The fraction of sp³-hybridized carbons (Fsp3) is 0.300. The topological polar surface area (TPSA) is 46.5 Å². The molecule has 0 amide bonds. The molecule has 0 aromatic heterocycles. The van der Waals surface area contributed by atoms with Crippen LogP contribution in [0, 0.1) is 0 Å². The molecule has 0 saturated heterocycles. The Morgan fingerprint density at radius 1 is 1.54 bits per heavy atom. The molecule has 0 rings (SSSR count). The number of hydrogen-bond donors (Lipinski definition) is 1. The number of aliphatic hydroxyl groups excluding tert-OH is 1. The summed E-state index contributed by atoms with van der Waals surface area (Å²) in [7, 11) is 1.30. The summed E-state index contributed by atoms with van der Waals surface area (Å²) in [6.07, 6.45) is 5.19. The van der Waals surface area contributed by atoms with Gasteiger partial charge in [-0.25, -0.2) is 4.79 Å². The van der Waals surface area contributed by atoms with Gasteiger partial charge < -0.3 is 9.84 Å². The van der Waals surface area contributed by atoms with Crippen LogP contribution in [0.1, 0.15) is 6.92 Å². The first-order chi connectivity index (χ1) is 6.07. The van der Waals surface area contributed by atoms with Crippen molar-refractivity contribution in [2.45, 2.75) is 13.0 Å². The van der Waals surface area contributed by atoms with E-state index >= 15 is 0 Å². The number of allylic oxidation sites excluding steroid dienone is 2. The SMILES string of the molecule is C=C(C)C(O)/C=C/C=C/C(=O)OC. The van der Waals surface area contributed by atoms with Crippen LogP contribution >= 0.6 is 0 Å². The number of aliphatic hydroxyl groups is 1. The van der Waals surface area contributed by atoms with Crippen LogP contribution in [0.2, 0.25) is 0 Å². The van der Waals surface area contributed by atoms with Gasteiger partial charge >= 0.3 is 5.97 Å². The quantitative estimate of drug-likeness (QED) is 0.307. The highest BCUT2D eigenvalue weighted by atomic mass is 16.5. The van der Waals surface area contributed by atoms with Crippen LogP contribution in [-0.4, -0.2) is 24.3 Å². The Morgan fingerprint density at radius 3 is 2.62 bits per heavy atom. The molecule has 0 aromatic rings. The van der Waals surface area contributed by atoms with E-state index in [0.717, 1.165) is 0 Å². The number of rotatable bonds is 4. The summed E-state index contributed by atoms with van der Waals surface area (Å²) in [6.45, 7) is 5.29. The highest BCUT2D eigenvalue weighted by Gasteiger charge is 1.95. The lowest BCUT2D eigenvalue weighted by Gasteiger charge is -2.01. The average molecular weight is 182 g/mol. The highest BCUT2D eigenvalue weighted by molar-refractivity contribution is 5.82. The van der Waals surface area contributed by atoms with Gasteiger partial charge in [-0.15, -0.1) is 0 Å². The molecule has 1 atom stereocenters. The zero-order valence-corrected chi connectivity index (χ0v) is 7.86. The summed E-state index contributed by atoms with van der Waals surface area (Å²) in [5.74, 6) is -0.422. The fourth-order valence-corrected chi connectivity index (χ4v) is 0.536. The Hall–Kier alpha value is -1.35. The molecule has 0 aromatic carbocycles. The van der Waals surface area contributed by atoms with E-state index < -0.39 is 12.1 Å². The largest absolute Gasteiger partial charge is 0.466 e. The van der Waals surface area contributed by atoms with Crippen molar-refractivity contribution in [1.29, 1.82) is 0 Å². The van der Waals surface area contributed by atoms with Crippen molar-refractivity contribution < 1.29 is 14.6 Å². The van der Waals surface area contributed by atoms with Crippen molar-refractivity contribution in [2.24, 2.45) is 0 Å². The van der Waals surface area contributed by atoms with Crippen LogP contribution < -0.4 is 0 Å². The van der Waals surface area contributed by atoms with E-state index in [2.05, 4.69) is 11.3 Å². The maximum absolute atomic E-state index is 10.6. The monoisotopic (exact) mass is 182 g/mol. The lowest BCUT2D eigenvalue weighted by Crippen LogP contribution is -2.01. The van der Waals surface area contributed by atoms with Gasteiger partial charge in [-0.2, -0.15) is 0 Å². The van der Waals surface area contributed by atoms with Crippen LogP contribution in [-0.2, 0) is 9.53 Å². The van der Waals surface area contributed by atoms with Crippen molar-refractivity contribution in [2.75, 3.05) is 7.11 Å². The lowest BCUT2D eigenvalue weighted by atomic mass is 10.2. The maximum Gasteiger partial charge on any atom is 0.330 e. The molecule has 0 radical (unpaired) electrons. The molecule has 3 heteroatoms. The second kappa shape index (κ2) is 6.20. The van der Waals surface area contributed by atoms with Gasteiger partial charge in [-0.3, -0.25) is 0 Å². The van der Waals surface area contributed by atoms with E-state index in [1.54, 1.807) is 13.0 Å². The van der Waals surface area contributed by atoms with Gasteiger partial charge in [0.1, 0.15) is 0 Å². The third-order valence-corrected chi connectivity index (χ3v) is 1.34. The Kier molecular flexibility index (Phi) is 5.55. The molecule has 0 heterocycles.